The topological polar surface area (TPSA) is 33.4 Å². The fraction of sp³-hybridized carbons (Fsp3) is 0.231. The van der Waals surface area contributed by atoms with E-state index in [1.165, 1.54) is 12.3 Å². The van der Waals surface area contributed by atoms with Gasteiger partial charge in [-0.05, 0) is 24.6 Å². The van der Waals surface area contributed by atoms with Gasteiger partial charge < -0.3 is 9.52 Å². The monoisotopic (exact) mass is 220 g/mol. The van der Waals surface area contributed by atoms with E-state index in [1.54, 1.807) is 37.3 Å². The lowest BCUT2D eigenvalue weighted by molar-refractivity contribution is 0.0491. The highest BCUT2D eigenvalue weighted by molar-refractivity contribution is 5.31. The highest BCUT2D eigenvalue weighted by Crippen LogP contribution is 2.34. The molecule has 0 aliphatic carbocycles. The van der Waals surface area contributed by atoms with Crippen LogP contribution in [0.15, 0.2) is 47.1 Å². The van der Waals surface area contributed by atoms with Crippen molar-refractivity contribution in [2.75, 3.05) is 0 Å². The van der Waals surface area contributed by atoms with E-state index in [2.05, 4.69) is 0 Å². The molecule has 1 heterocycles. The Morgan fingerprint density at radius 2 is 2.00 bits per heavy atom. The molecule has 16 heavy (non-hydrogen) atoms. The fourth-order valence-corrected chi connectivity index (χ4v) is 1.81. The van der Waals surface area contributed by atoms with E-state index in [-0.39, 0.29) is 5.56 Å². The molecule has 0 saturated carbocycles. The smallest absolute Gasteiger partial charge is 0.149 e. The molecule has 0 aliphatic heterocycles. The van der Waals surface area contributed by atoms with Crippen LogP contribution in [-0.4, -0.2) is 5.11 Å². The first-order chi connectivity index (χ1) is 7.68. The summed E-state index contributed by atoms with van der Waals surface area (Å²) in [5.41, 5.74) is -1.15. The van der Waals surface area contributed by atoms with Gasteiger partial charge in [0, 0.05) is 5.56 Å². The fourth-order valence-electron chi connectivity index (χ4n) is 1.81. The van der Waals surface area contributed by atoms with Crippen molar-refractivity contribution in [1.82, 2.24) is 0 Å². The largest absolute Gasteiger partial charge is 0.466 e. The normalized spacial score (nSPS) is 14.7. The van der Waals surface area contributed by atoms with Crippen molar-refractivity contribution in [3.05, 3.63) is 59.8 Å². The highest BCUT2D eigenvalue weighted by Gasteiger charge is 2.34. The van der Waals surface area contributed by atoms with Gasteiger partial charge in [-0.2, -0.15) is 0 Å². The third kappa shape index (κ3) is 1.63. The molecule has 2 rings (SSSR count). The molecule has 0 saturated heterocycles. The Balaban J connectivity index is 2.55. The van der Waals surface area contributed by atoms with Gasteiger partial charge in [0.05, 0.1) is 6.26 Å². The van der Waals surface area contributed by atoms with Gasteiger partial charge in [0.25, 0.3) is 0 Å². The number of aliphatic hydroxyl groups is 1. The van der Waals surface area contributed by atoms with E-state index >= 15 is 0 Å². The molecule has 1 aromatic carbocycles. The van der Waals surface area contributed by atoms with E-state index < -0.39 is 11.4 Å². The zero-order valence-electron chi connectivity index (χ0n) is 8.98. The van der Waals surface area contributed by atoms with Crippen LogP contribution in [0.1, 0.15) is 24.7 Å². The van der Waals surface area contributed by atoms with Crippen LogP contribution >= 0.6 is 0 Å². The predicted molar refractivity (Wildman–Crippen MR) is 58.4 cm³/mol. The Morgan fingerprint density at radius 3 is 2.56 bits per heavy atom. The van der Waals surface area contributed by atoms with Crippen molar-refractivity contribution >= 4 is 0 Å². The summed E-state index contributed by atoms with van der Waals surface area (Å²) in [6.45, 7) is 1.79. The summed E-state index contributed by atoms with van der Waals surface area (Å²) in [4.78, 5) is 0. The van der Waals surface area contributed by atoms with Gasteiger partial charge in [0.15, 0.2) is 0 Å². The number of hydrogen-bond donors (Lipinski definition) is 1. The molecule has 84 valence electrons. The van der Waals surface area contributed by atoms with Crippen LogP contribution < -0.4 is 0 Å². The Morgan fingerprint density at radius 1 is 1.25 bits per heavy atom. The number of halogens is 1. The molecular formula is C13H13FO2. The summed E-state index contributed by atoms with van der Waals surface area (Å²) in [6, 6.07) is 9.52. The summed E-state index contributed by atoms with van der Waals surface area (Å²) in [5.74, 6) is -0.0663. The van der Waals surface area contributed by atoms with Crippen LogP contribution in [0.25, 0.3) is 0 Å². The van der Waals surface area contributed by atoms with Crippen LogP contribution in [0, 0.1) is 5.82 Å². The van der Waals surface area contributed by atoms with Crippen molar-refractivity contribution in [2.24, 2.45) is 0 Å². The molecule has 2 aromatic rings. The lowest BCUT2D eigenvalue weighted by atomic mass is 9.88. The average Bonchev–Trinajstić information content (AvgIpc) is 2.82. The van der Waals surface area contributed by atoms with Crippen molar-refractivity contribution in [2.45, 2.75) is 18.9 Å². The molecule has 0 radical (unpaired) electrons. The van der Waals surface area contributed by atoms with Crippen LogP contribution in [0.5, 0.6) is 0 Å². The van der Waals surface area contributed by atoms with Crippen LogP contribution in [-0.2, 0) is 5.60 Å². The van der Waals surface area contributed by atoms with Gasteiger partial charge in [-0.1, -0.05) is 25.1 Å². The molecule has 1 aromatic heterocycles. The van der Waals surface area contributed by atoms with Crippen molar-refractivity contribution in [3.8, 4) is 0 Å². The number of furan rings is 1. The zero-order chi connectivity index (χ0) is 11.6. The molecule has 2 nitrogen and oxygen atoms in total. The lowest BCUT2D eigenvalue weighted by Crippen LogP contribution is -2.26. The summed E-state index contributed by atoms with van der Waals surface area (Å²) < 4.78 is 18.8. The van der Waals surface area contributed by atoms with E-state index in [1.807, 2.05) is 0 Å². The van der Waals surface area contributed by atoms with Gasteiger partial charge in [-0.15, -0.1) is 0 Å². The predicted octanol–water partition coefficient (Wildman–Crippen LogP) is 3.06. The molecular weight excluding hydrogens is 207 g/mol. The molecule has 1 N–H and O–H groups in total. The van der Waals surface area contributed by atoms with E-state index in [4.69, 9.17) is 4.42 Å². The van der Waals surface area contributed by atoms with Crippen molar-refractivity contribution in [1.29, 1.82) is 0 Å². The molecule has 1 atom stereocenters. The minimum atomic E-state index is -1.39. The van der Waals surface area contributed by atoms with Gasteiger partial charge in [0.1, 0.15) is 17.2 Å². The quantitative estimate of drug-likeness (QED) is 0.862. The third-order valence-corrected chi connectivity index (χ3v) is 2.76. The second-order valence-electron chi connectivity index (χ2n) is 3.67. The maximum absolute atomic E-state index is 13.7. The first-order valence-electron chi connectivity index (χ1n) is 5.20. The van der Waals surface area contributed by atoms with Crippen LogP contribution in [0.4, 0.5) is 4.39 Å². The summed E-state index contributed by atoms with van der Waals surface area (Å²) in [6.07, 6.45) is 1.82. The Bertz CT molecular complexity index is 465. The van der Waals surface area contributed by atoms with Gasteiger partial charge in [0.2, 0.25) is 0 Å². The van der Waals surface area contributed by atoms with Gasteiger partial charge in [-0.3, -0.25) is 0 Å². The van der Waals surface area contributed by atoms with Crippen molar-refractivity contribution in [3.63, 3.8) is 0 Å². The minimum Gasteiger partial charge on any atom is -0.466 e. The second kappa shape index (κ2) is 4.10. The molecule has 0 bridgehead atoms. The molecule has 1 unspecified atom stereocenters. The van der Waals surface area contributed by atoms with E-state index in [0.29, 0.717) is 12.2 Å². The molecule has 3 heteroatoms. The van der Waals surface area contributed by atoms with E-state index in [9.17, 15) is 9.50 Å². The summed E-state index contributed by atoms with van der Waals surface area (Å²) >= 11 is 0. The SMILES string of the molecule is CCC(O)(c1ccco1)c1ccccc1F. The molecule has 0 fully saturated rings. The van der Waals surface area contributed by atoms with Crippen LogP contribution in [0.3, 0.4) is 0 Å². The standard InChI is InChI=1S/C13H13FO2/c1-2-13(15,12-8-5-9-16-12)10-6-3-4-7-11(10)14/h3-9,15H,2H2,1H3. The van der Waals surface area contributed by atoms with Gasteiger partial charge >= 0.3 is 0 Å². The Hall–Kier alpha value is -1.61. The maximum atomic E-state index is 13.7. The Kier molecular flexibility index (Phi) is 2.79. The summed E-state index contributed by atoms with van der Waals surface area (Å²) in [7, 11) is 0. The average molecular weight is 220 g/mol. The second-order valence-corrected chi connectivity index (χ2v) is 3.67. The molecule has 0 spiro atoms. The molecule has 0 aliphatic rings. The first-order valence-corrected chi connectivity index (χ1v) is 5.20. The molecule has 0 amide bonds. The van der Waals surface area contributed by atoms with Gasteiger partial charge in [-0.25, -0.2) is 4.39 Å². The minimum absolute atomic E-state index is 0.243. The third-order valence-electron chi connectivity index (χ3n) is 2.76. The number of rotatable bonds is 3. The van der Waals surface area contributed by atoms with Crippen LogP contribution in [0.2, 0.25) is 0 Å². The number of benzene rings is 1. The lowest BCUT2D eigenvalue weighted by Gasteiger charge is -2.25. The zero-order valence-corrected chi connectivity index (χ0v) is 8.98. The first kappa shape index (κ1) is 10.9. The number of hydrogen-bond acceptors (Lipinski definition) is 2. The Labute approximate surface area is 93.3 Å². The van der Waals surface area contributed by atoms with Crippen molar-refractivity contribution < 1.29 is 13.9 Å². The summed E-state index contributed by atoms with van der Waals surface area (Å²) in [5, 5.41) is 10.5. The van der Waals surface area contributed by atoms with E-state index in [0.717, 1.165) is 0 Å². The maximum Gasteiger partial charge on any atom is 0.149 e. The highest BCUT2D eigenvalue weighted by atomic mass is 19.1.